The molecule has 0 N–H and O–H groups in total. The number of fused-ring (bicyclic) bond motifs is 1. The van der Waals surface area contributed by atoms with Crippen LogP contribution in [0.2, 0.25) is 0 Å². The highest BCUT2D eigenvalue weighted by atomic mass is 79.9. The summed E-state index contributed by atoms with van der Waals surface area (Å²) in [6, 6.07) is 12.4. The van der Waals surface area contributed by atoms with Crippen molar-refractivity contribution in [3.8, 4) is 11.5 Å². The summed E-state index contributed by atoms with van der Waals surface area (Å²) in [5.74, 6) is 1.91. The van der Waals surface area contributed by atoms with E-state index < -0.39 is 0 Å². The molecular formula is C21H29BrO2. The van der Waals surface area contributed by atoms with Crippen LogP contribution in [-0.2, 0) is 0 Å². The molecule has 0 aromatic heterocycles. The van der Waals surface area contributed by atoms with Gasteiger partial charge in [-0.3, -0.25) is 0 Å². The van der Waals surface area contributed by atoms with E-state index in [1.165, 1.54) is 32.1 Å². The average Bonchev–Trinajstić information content (AvgIpc) is 2.62. The Morgan fingerprint density at radius 3 is 1.83 bits per heavy atom. The molecule has 0 aliphatic heterocycles. The molecule has 0 aliphatic carbocycles. The van der Waals surface area contributed by atoms with E-state index in [0.717, 1.165) is 53.7 Å². The molecule has 0 amide bonds. The number of rotatable bonds is 12. The van der Waals surface area contributed by atoms with Gasteiger partial charge in [-0.1, -0.05) is 79.2 Å². The molecule has 0 radical (unpaired) electrons. The number of unbranched alkanes of at least 4 members (excludes halogenated alkanes) is 5. The number of benzene rings is 2. The van der Waals surface area contributed by atoms with E-state index >= 15 is 0 Å². The fraction of sp³-hybridized carbons (Fsp3) is 0.524. The maximum absolute atomic E-state index is 6.04. The van der Waals surface area contributed by atoms with Crippen LogP contribution in [-0.4, -0.2) is 18.5 Å². The van der Waals surface area contributed by atoms with E-state index in [1.54, 1.807) is 0 Å². The third-order valence-electron chi connectivity index (χ3n) is 4.14. The van der Waals surface area contributed by atoms with Gasteiger partial charge in [-0.2, -0.15) is 0 Å². The number of hydrogen-bond acceptors (Lipinski definition) is 2. The molecule has 24 heavy (non-hydrogen) atoms. The minimum atomic E-state index is 0.729. The lowest BCUT2D eigenvalue weighted by atomic mass is 10.1. The molecular weight excluding hydrogens is 364 g/mol. The molecule has 0 bridgehead atoms. The second kappa shape index (κ2) is 11.4. The van der Waals surface area contributed by atoms with Gasteiger partial charge in [0.05, 0.1) is 13.2 Å². The number of halogens is 1. The van der Waals surface area contributed by atoms with Gasteiger partial charge in [0.1, 0.15) is 11.5 Å². The Balaban J connectivity index is 1.92. The zero-order valence-corrected chi connectivity index (χ0v) is 16.3. The lowest BCUT2D eigenvalue weighted by molar-refractivity contribution is 0.305. The monoisotopic (exact) mass is 392 g/mol. The summed E-state index contributed by atoms with van der Waals surface area (Å²) in [6.07, 6.45) is 8.70. The molecule has 0 saturated carbocycles. The van der Waals surface area contributed by atoms with Gasteiger partial charge < -0.3 is 9.47 Å². The maximum atomic E-state index is 6.04. The molecule has 0 fully saturated rings. The normalized spacial score (nSPS) is 10.9. The SMILES string of the molecule is CCCCCCCCOc1ccc(OCCCBr)c2ccccc12. The van der Waals surface area contributed by atoms with Crippen LogP contribution < -0.4 is 9.47 Å². The second-order valence-corrected chi connectivity index (χ2v) is 6.91. The molecule has 2 aromatic carbocycles. The fourth-order valence-electron chi connectivity index (χ4n) is 2.80. The first-order valence-corrected chi connectivity index (χ1v) is 10.3. The summed E-state index contributed by atoms with van der Waals surface area (Å²) in [4.78, 5) is 0. The van der Waals surface area contributed by atoms with Gasteiger partial charge >= 0.3 is 0 Å². The number of hydrogen-bond donors (Lipinski definition) is 0. The Kier molecular flexibility index (Phi) is 9.04. The van der Waals surface area contributed by atoms with Gasteiger partial charge in [0.15, 0.2) is 0 Å². The Labute approximate surface area is 154 Å². The van der Waals surface area contributed by atoms with Crippen molar-refractivity contribution < 1.29 is 9.47 Å². The molecule has 132 valence electrons. The van der Waals surface area contributed by atoms with Crippen molar-refractivity contribution in [2.24, 2.45) is 0 Å². The molecule has 0 unspecified atom stereocenters. The van der Waals surface area contributed by atoms with Crippen molar-refractivity contribution in [3.05, 3.63) is 36.4 Å². The van der Waals surface area contributed by atoms with Gasteiger partial charge in [-0.25, -0.2) is 0 Å². The Bertz CT molecular complexity index is 597. The molecule has 0 aliphatic rings. The summed E-state index contributed by atoms with van der Waals surface area (Å²) in [6.45, 7) is 3.77. The Morgan fingerprint density at radius 1 is 0.708 bits per heavy atom. The molecule has 0 saturated heterocycles. The summed E-state index contributed by atoms with van der Waals surface area (Å²) in [5.41, 5.74) is 0. The van der Waals surface area contributed by atoms with Gasteiger partial charge in [-0.15, -0.1) is 0 Å². The highest BCUT2D eigenvalue weighted by molar-refractivity contribution is 9.09. The highest BCUT2D eigenvalue weighted by Crippen LogP contribution is 2.33. The van der Waals surface area contributed by atoms with Gasteiger partial charge in [-0.05, 0) is 25.0 Å². The lowest BCUT2D eigenvalue weighted by Gasteiger charge is -2.13. The summed E-state index contributed by atoms with van der Waals surface area (Å²) in [5, 5.41) is 3.23. The third kappa shape index (κ3) is 6.01. The van der Waals surface area contributed by atoms with Crippen LogP contribution in [0.3, 0.4) is 0 Å². The molecule has 3 heteroatoms. The highest BCUT2D eigenvalue weighted by Gasteiger charge is 2.07. The van der Waals surface area contributed by atoms with Crippen LogP contribution in [0.25, 0.3) is 10.8 Å². The van der Waals surface area contributed by atoms with E-state index in [-0.39, 0.29) is 0 Å². The van der Waals surface area contributed by atoms with Crippen molar-refractivity contribution in [1.82, 2.24) is 0 Å². The van der Waals surface area contributed by atoms with Crippen molar-refractivity contribution in [2.75, 3.05) is 18.5 Å². The lowest BCUT2D eigenvalue weighted by Crippen LogP contribution is -2.00. The standard InChI is InChI=1S/C21H29BrO2/c1-2-3-4-5-6-9-16-23-20-13-14-21(24-17-10-15-22)19-12-8-7-11-18(19)20/h7-8,11-14H,2-6,9-10,15-17H2,1H3. The van der Waals surface area contributed by atoms with Crippen molar-refractivity contribution in [3.63, 3.8) is 0 Å². The van der Waals surface area contributed by atoms with E-state index in [0.29, 0.717) is 0 Å². The van der Waals surface area contributed by atoms with Gasteiger partial charge in [0, 0.05) is 16.1 Å². The summed E-state index contributed by atoms with van der Waals surface area (Å²) in [7, 11) is 0. The van der Waals surface area contributed by atoms with E-state index in [2.05, 4.69) is 47.1 Å². The quantitative estimate of drug-likeness (QED) is 0.294. The van der Waals surface area contributed by atoms with Gasteiger partial charge in [0.2, 0.25) is 0 Å². The molecule has 2 rings (SSSR count). The first-order valence-electron chi connectivity index (χ1n) is 9.20. The molecule has 2 aromatic rings. The van der Waals surface area contributed by atoms with Gasteiger partial charge in [0.25, 0.3) is 0 Å². The topological polar surface area (TPSA) is 18.5 Å². The van der Waals surface area contributed by atoms with Crippen molar-refractivity contribution in [2.45, 2.75) is 51.9 Å². The van der Waals surface area contributed by atoms with Crippen LogP contribution >= 0.6 is 15.9 Å². The number of ether oxygens (including phenoxy) is 2. The fourth-order valence-corrected chi connectivity index (χ4v) is 3.03. The van der Waals surface area contributed by atoms with E-state index in [9.17, 15) is 0 Å². The van der Waals surface area contributed by atoms with Crippen LogP contribution in [0, 0.1) is 0 Å². The van der Waals surface area contributed by atoms with Crippen LogP contribution in [0.15, 0.2) is 36.4 Å². The first-order chi connectivity index (χ1) is 11.9. The molecule has 0 atom stereocenters. The summed E-state index contributed by atoms with van der Waals surface area (Å²) >= 11 is 3.44. The zero-order valence-electron chi connectivity index (χ0n) is 14.7. The van der Waals surface area contributed by atoms with Crippen molar-refractivity contribution in [1.29, 1.82) is 0 Å². The second-order valence-electron chi connectivity index (χ2n) is 6.11. The predicted octanol–water partition coefficient (Wildman–Crippen LogP) is 6.74. The van der Waals surface area contributed by atoms with Crippen LogP contribution in [0.5, 0.6) is 11.5 Å². The minimum absolute atomic E-state index is 0.729. The molecule has 2 nitrogen and oxygen atoms in total. The summed E-state index contributed by atoms with van der Waals surface area (Å²) < 4.78 is 12.0. The number of alkyl halides is 1. The first kappa shape index (κ1) is 19.1. The van der Waals surface area contributed by atoms with E-state index in [1.807, 2.05) is 12.1 Å². The Morgan fingerprint density at radius 2 is 1.25 bits per heavy atom. The average molecular weight is 393 g/mol. The zero-order chi connectivity index (χ0) is 17.0. The third-order valence-corrected chi connectivity index (χ3v) is 4.70. The largest absolute Gasteiger partial charge is 0.493 e. The molecule has 0 heterocycles. The predicted molar refractivity (Wildman–Crippen MR) is 107 cm³/mol. The maximum Gasteiger partial charge on any atom is 0.127 e. The minimum Gasteiger partial charge on any atom is -0.493 e. The molecule has 0 spiro atoms. The smallest absolute Gasteiger partial charge is 0.127 e. The van der Waals surface area contributed by atoms with Crippen LogP contribution in [0.1, 0.15) is 51.9 Å². The van der Waals surface area contributed by atoms with Crippen LogP contribution in [0.4, 0.5) is 0 Å². The van der Waals surface area contributed by atoms with E-state index in [4.69, 9.17) is 9.47 Å². The van der Waals surface area contributed by atoms with Crippen molar-refractivity contribution >= 4 is 26.7 Å². The Hall–Kier alpha value is -1.22.